The molecule has 2 saturated heterocycles. The lowest BCUT2D eigenvalue weighted by molar-refractivity contribution is 0.00706. The van der Waals surface area contributed by atoms with Gasteiger partial charge in [-0.15, -0.1) is 0 Å². The molecule has 0 bridgehead atoms. The number of aliphatic hydroxyl groups excluding tert-OH is 1. The van der Waals surface area contributed by atoms with Crippen molar-refractivity contribution in [2.45, 2.75) is 30.8 Å². The number of ether oxygens (including phenoxy) is 3. The number of H-pyrrole nitrogens is 1. The number of pyridine rings is 1. The molecule has 10 heteroatoms. The van der Waals surface area contributed by atoms with E-state index in [1.165, 1.54) is 5.57 Å². The summed E-state index contributed by atoms with van der Waals surface area (Å²) in [5.41, 5.74) is 5.03. The molecule has 2 fully saturated rings. The highest BCUT2D eigenvalue weighted by Gasteiger charge is 2.48. The zero-order valence-electron chi connectivity index (χ0n) is 17.6. The summed E-state index contributed by atoms with van der Waals surface area (Å²) in [4.78, 5) is 12.2. The van der Waals surface area contributed by atoms with Crippen LogP contribution in [0.4, 0.5) is 0 Å². The SMILES string of the molecule is O=S1CC=C(c2ccc(-c3nc4nc(O[C@@H]5CO[C@H]6[C@@H]5OC[C@H]6O)[nH]c4cc3Cl)cc2)CC1. The number of allylic oxidation sites excluding steroid dienone is 1. The molecule has 33 heavy (non-hydrogen) atoms. The Balaban J connectivity index is 1.24. The number of benzene rings is 1. The number of nitrogens with one attached hydrogen (secondary N) is 1. The number of aromatic nitrogens is 3. The second kappa shape index (κ2) is 8.48. The van der Waals surface area contributed by atoms with Crippen molar-refractivity contribution in [1.82, 2.24) is 15.0 Å². The number of imidazole rings is 1. The zero-order valence-corrected chi connectivity index (χ0v) is 19.1. The van der Waals surface area contributed by atoms with E-state index in [0.29, 0.717) is 46.0 Å². The van der Waals surface area contributed by atoms with Crippen molar-refractivity contribution in [3.63, 3.8) is 0 Å². The monoisotopic (exact) mass is 487 g/mol. The molecule has 5 atom stereocenters. The lowest BCUT2D eigenvalue weighted by Gasteiger charge is -2.15. The van der Waals surface area contributed by atoms with Crippen LogP contribution >= 0.6 is 11.6 Å². The van der Waals surface area contributed by atoms with Gasteiger partial charge in [-0.05, 0) is 23.6 Å². The van der Waals surface area contributed by atoms with Crippen molar-refractivity contribution >= 4 is 39.1 Å². The molecule has 0 amide bonds. The normalized spacial score (nSPS) is 29.3. The van der Waals surface area contributed by atoms with Gasteiger partial charge in [0, 0.05) is 27.9 Å². The summed E-state index contributed by atoms with van der Waals surface area (Å²) in [7, 11) is -0.737. The highest BCUT2D eigenvalue weighted by molar-refractivity contribution is 7.85. The number of fused-ring (bicyclic) bond motifs is 2. The van der Waals surface area contributed by atoms with Gasteiger partial charge in [-0.2, -0.15) is 4.98 Å². The maximum atomic E-state index is 11.6. The largest absolute Gasteiger partial charge is 0.456 e. The predicted molar refractivity (Wildman–Crippen MR) is 125 cm³/mol. The van der Waals surface area contributed by atoms with Crippen LogP contribution in [0.1, 0.15) is 12.0 Å². The molecule has 0 aliphatic carbocycles. The first-order valence-corrected chi connectivity index (χ1v) is 12.7. The molecule has 5 heterocycles. The molecular weight excluding hydrogens is 466 g/mol. The van der Waals surface area contributed by atoms with Crippen molar-refractivity contribution < 1.29 is 23.5 Å². The summed E-state index contributed by atoms with van der Waals surface area (Å²) in [5.74, 6) is 1.33. The second-order valence-electron chi connectivity index (χ2n) is 8.42. The van der Waals surface area contributed by atoms with Crippen LogP contribution in [0.5, 0.6) is 6.01 Å². The minimum Gasteiger partial charge on any atom is -0.456 e. The standard InChI is InChI=1S/C23H22ClN3O5S/c24-15-9-16-22(27-23(25-16)32-18-11-31-20-17(28)10-30-21(18)20)26-19(15)14-3-1-12(2-4-14)13-5-7-33(29)8-6-13/h1-5,9,17-18,20-21,28H,6-8,10-11H2,(H,25,26,27)/t17-,18-,20-,21-,33?/m1/s1. The Morgan fingerprint density at radius 3 is 2.70 bits per heavy atom. The minimum absolute atomic E-state index is 0.241. The molecule has 0 spiro atoms. The van der Waals surface area contributed by atoms with Gasteiger partial charge in [-0.3, -0.25) is 4.21 Å². The first kappa shape index (κ1) is 21.2. The first-order chi connectivity index (χ1) is 16.0. The fraction of sp³-hybridized carbons (Fsp3) is 0.391. The number of aromatic amines is 1. The molecule has 3 aromatic rings. The van der Waals surface area contributed by atoms with E-state index >= 15 is 0 Å². The Labute approximate surface area is 197 Å². The van der Waals surface area contributed by atoms with E-state index in [9.17, 15) is 9.32 Å². The highest BCUT2D eigenvalue weighted by atomic mass is 35.5. The van der Waals surface area contributed by atoms with Crippen LogP contribution in [0.15, 0.2) is 36.4 Å². The van der Waals surface area contributed by atoms with Gasteiger partial charge < -0.3 is 24.3 Å². The number of aliphatic hydroxyl groups is 1. The Morgan fingerprint density at radius 2 is 1.91 bits per heavy atom. The Morgan fingerprint density at radius 1 is 1.12 bits per heavy atom. The maximum Gasteiger partial charge on any atom is 0.296 e. The van der Waals surface area contributed by atoms with E-state index in [-0.39, 0.29) is 24.9 Å². The van der Waals surface area contributed by atoms with Gasteiger partial charge in [0.15, 0.2) is 11.8 Å². The van der Waals surface area contributed by atoms with Gasteiger partial charge in [0.25, 0.3) is 6.01 Å². The molecule has 172 valence electrons. The predicted octanol–water partition coefficient (Wildman–Crippen LogP) is 2.72. The van der Waals surface area contributed by atoms with Crippen LogP contribution in [-0.4, -0.2) is 73.4 Å². The first-order valence-electron chi connectivity index (χ1n) is 10.8. The summed E-state index contributed by atoms with van der Waals surface area (Å²) < 4.78 is 28.8. The Kier molecular flexibility index (Phi) is 5.46. The fourth-order valence-electron chi connectivity index (χ4n) is 4.55. The molecular formula is C23H22ClN3O5S. The fourth-order valence-corrected chi connectivity index (χ4v) is 5.81. The van der Waals surface area contributed by atoms with Crippen LogP contribution in [0, 0.1) is 0 Å². The molecule has 3 aliphatic rings. The smallest absolute Gasteiger partial charge is 0.296 e. The number of halogens is 1. The van der Waals surface area contributed by atoms with E-state index in [4.69, 9.17) is 25.8 Å². The molecule has 6 rings (SSSR count). The quantitative estimate of drug-likeness (QED) is 0.582. The van der Waals surface area contributed by atoms with Crippen molar-refractivity contribution in [3.05, 3.63) is 47.0 Å². The summed E-state index contributed by atoms with van der Waals surface area (Å²) in [5, 5.41) is 10.4. The molecule has 1 unspecified atom stereocenters. The van der Waals surface area contributed by atoms with Crippen LogP contribution in [-0.2, 0) is 20.3 Å². The van der Waals surface area contributed by atoms with E-state index in [1.54, 1.807) is 6.07 Å². The third-order valence-electron chi connectivity index (χ3n) is 6.29. The molecule has 8 nitrogen and oxygen atoms in total. The lowest BCUT2D eigenvalue weighted by Crippen LogP contribution is -2.34. The van der Waals surface area contributed by atoms with E-state index < -0.39 is 16.9 Å². The average molecular weight is 488 g/mol. The van der Waals surface area contributed by atoms with Gasteiger partial charge >= 0.3 is 0 Å². The summed E-state index contributed by atoms with van der Waals surface area (Å²) in [6, 6.07) is 10.2. The molecule has 3 aliphatic heterocycles. The van der Waals surface area contributed by atoms with Crippen molar-refractivity contribution in [3.8, 4) is 17.3 Å². The number of nitrogens with zero attached hydrogens (tertiary/aromatic N) is 2. The summed E-state index contributed by atoms with van der Waals surface area (Å²) in [6.07, 6.45) is 1.20. The van der Waals surface area contributed by atoms with E-state index in [2.05, 4.69) is 21.0 Å². The van der Waals surface area contributed by atoms with Gasteiger partial charge in [-0.1, -0.05) is 41.9 Å². The number of rotatable bonds is 4. The maximum absolute atomic E-state index is 11.6. The Hall–Kier alpha value is -2.30. The number of hydrogen-bond donors (Lipinski definition) is 2. The summed E-state index contributed by atoms with van der Waals surface area (Å²) in [6.45, 7) is 0.562. The van der Waals surface area contributed by atoms with Gasteiger partial charge in [-0.25, -0.2) is 4.98 Å². The minimum atomic E-state index is -0.737. The molecule has 1 aromatic carbocycles. The van der Waals surface area contributed by atoms with Crippen LogP contribution in [0.3, 0.4) is 0 Å². The third kappa shape index (κ3) is 3.98. The van der Waals surface area contributed by atoms with Crippen molar-refractivity contribution in [2.75, 3.05) is 24.7 Å². The average Bonchev–Trinajstić information content (AvgIpc) is 3.51. The topological polar surface area (TPSA) is 107 Å². The van der Waals surface area contributed by atoms with Gasteiger partial charge in [0.05, 0.1) is 29.4 Å². The van der Waals surface area contributed by atoms with Crippen LogP contribution in [0.2, 0.25) is 5.02 Å². The molecule has 0 saturated carbocycles. The number of hydrogen-bond acceptors (Lipinski definition) is 7. The summed E-state index contributed by atoms with van der Waals surface area (Å²) >= 11 is 6.55. The van der Waals surface area contributed by atoms with E-state index in [1.807, 2.05) is 24.3 Å². The van der Waals surface area contributed by atoms with Crippen LogP contribution in [0.25, 0.3) is 28.0 Å². The molecule has 2 N–H and O–H groups in total. The van der Waals surface area contributed by atoms with Crippen LogP contribution < -0.4 is 4.74 Å². The van der Waals surface area contributed by atoms with Gasteiger partial charge in [0.2, 0.25) is 0 Å². The molecule has 2 aromatic heterocycles. The second-order valence-corrected chi connectivity index (χ2v) is 10.4. The van der Waals surface area contributed by atoms with Crippen molar-refractivity contribution in [1.29, 1.82) is 0 Å². The third-order valence-corrected chi connectivity index (χ3v) is 7.78. The van der Waals surface area contributed by atoms with Gasteiger partial charge in [0.1, 0.15) is 18.3 Å². The van der Waals surface area contributed by atoms with E-state index in [0.717, 1.165) is 17.5 Å². The lowest BCUT2D eigenvalue weighted by atomic mass is 10.0. The highest BCUT2D eigenvalue weighted by Crippen LogP contribution is 2.33. The zero-order chi connectivity index (χ0) is 22.5. The van der Waals surface area contributed by atoms with Crippen molar-refractivity contribution in [2.24, 2.45) is 0 Å². The molecule has 0 radical (unpaired) electrons. The Bertz CT molecular complexity index is 1260.